The van der Waals surface area contributed by atoms with E-state index >= 15 is 0 Å². The van der Waals surface area contributed by atoms with Gasteiger partial charge in [0.25, 0.3) is 0 Å². The summed E-state index contributed by atoms with van der Waals surface area (Å²) in [6.45, 7) is 20.3. The molecule has 3 N–H and O–H groups in total. The molecule has 10 fully saturated rings. The molecule has 0 aromatic carbocycles. The van der Waals surface area contributed by atoms with Crippen LogP contribution in [-0.2, 0) is 19.1 Å². The summed E-state index contributed by atoms with van der Waals surface area (Å²) in [5, 5.41) is 24.3. The predicted molar refractivity (Wildman–Crippen MR) is 260 cm³/mol. The largest absolute Gasteiger partial charge is 0.390 e. The first kappa shape index (κ1) is 52.0. The van der Waals surface area contributed by atoms with Gasteiger partial charge >= 0.3 is 0 Å². The van der Waals surface area contributed by atoms with Gasteiger partial charge in [0.1, 0.15) is 5.78 Å². The second-order valence-electron chi connectivity index (χ2n) is 23.8. The number of fused-ring (bicyclic) bond motifs is 10. The Morgan fingerprint density at radius 2 is 1.00 bits per heavy atom. The van der Waals surface area contributed by atoms with E-state index in [1.54, 1.807) is 0 Å². The third-order valence-electron chi connectivity index (χ3n) is 20.4. The first-order chi connectivity index (χ1) is 29.0. The fourth-order valence-corrected chi connectivity index (χ4v) is 17.6. The second-order valence-corrected chi connectivity index (χ2v) is 25.2. The molecule has 0 aromatic rings. The molecule has 0 radical (unpaired) electrons. The smallest absolute Gasteiger partial charge is 0.153 e. The van der Waals surface area contributed by atoms with E-state index in [0.717, 1.165) is 150 Å². The summed E-state index contributed by atoms with van der Waals surface area (Å²) in [5.41, 5.74) is -0.398. The highest BCUT2D eigenvalue weighted by molar-refractivity contribution is 9.10. The maximum Gasteiger partial charge on any atom is 0.153 e. The van der Waals surface area contributed by atoms with Crippen molar-refractivity contribution in [3.63, 3.8) is 0 Å². The molecule has 2 heterocycles. The van der Waals surface area contributed by atoms with E-state index in [1.165, 1.54) is 77.0 Å². The Morgan fingerprint density at radius 1 is 0.571 bits per heavy atom. The van der Waals surface area contributed by atoms with E-state index < -0.39 is 11.2 Å². The topological polar surface area (TPSA) is 108 Å². The molecule has 2 unspecified atom stereocenters. The van der Waals surface area contributed by atoms with E-state index in [0.29, 0.717) is 11.6 Å². The molecule has 0 aromatic heterocycles. The van der Waals surface area contributed by atoms with Crippen LogP contribution in [0.1, 0.15) is 172 Å². The van der Waals surface area contributed by atoms with Crippen molar-refractivity contribution >= 4 is 27.5 Å². The highest BCUT2D eigenvalue weighted by atomic mass is 79.9. The zero-order valence-electron chi connectivity index (χ0n) is 39.3. The zero-order chi connectivity index (χ0) is 43.3. The van der Waals surface area contributed by atoms with E-state index in [-0.39, 0.29) is 48.4 Å². The number of hydrogen-bond donors (Lipinski definition) is 3. The molecule has 9 heteroatoms. The lowest BCUT2D eigenvalue weighted by molar-refractivity contribution is -0.138. The van der Waals surface area contributed by atoms with Gasteiger partial charge in [-0.2, -0.15) is 0 Å². The highest BCUT2D eigenvalue weighted by Gasteiger charge is 2.61. The Bertz CT molecular complexity index is 1500. The number of aliphatic hydroxyl groups is 2. The minimum atomic E-state index is -0.433. The van der Waals surface area contributed by atoms with Crippen LogP contribution in [0.25, 0.3) is 0 Å². The summed E-state index contributed by atoms with van der Waals surface area (Å²) in [7, 11) is 0. The number of rotatable bonds is 5. The summed E-state index contributed by atoms with van der Waals surface area (Å²) in [6.07, 6.45) is 21.6. The van der Waals surface area contributed by atoms with Crippen LogP contribution in [0, 0.1) is 81.8 Å². The number of nitrogens with zero attached hydrogens (tertiary/aromatic N) is 1. The Morgan fingerprint density at radius 3 is 1.41 bits per heavy atom. The molecular formula is C54H95BrN2O6. The van der Waals surface area contributed by atoms with E-state index in [1.807, 2.05) is 13.8 Å². The highest BCUT2D eigenvalue weighted by Crippen LogP contribution is 2.66. The maximum atomic E-state index is 13.7. The summed E-state index contributed by atoms with van der Waals surface area (Å²) in [5.74, 6) is 9.53. The summed E-state index contributed by atoms with van der Waals surface area (Å²) in [4.78, 5) is 28.8. The van der Waals surface area contributed by atoms with Crippen LogP contribution in [0.4, 0.5) is 0 Å². The van der Waals surface area contributed by atoms with Gasteiger partial charge in [0.2, 0.25) is 0 Å². The van der Waals surface area contributed by atoms with Crippen molar-refractivity contribution in [2.45, 2.75) is 194 Å². The first-order valence-electron chi connectivity index (χ1n) is 25.8. The lowest BCUT2D eigenvalue weighted by Crippen LogP contribution is -2.53. The average Bonchev–Trinajstić information content (AvgIpc) is 3.80. The molecule has 0 amide bonds. The van der Waals surface area contributed by atoms with Gasteiger partial charge in [-0.25, -0.2) is 0 Å². The number of nitrogens with one attached hydrogen (secondary N) is 1. The summed E-state index contributed by atoms with van der Waals surface area (Å²) in [6, 6.07) is 0.0449. The summed E-state index contributed by atoms with van der Waals surface area (Å²) < 4.78 is 10.5. The van der Waals surface area contributed by atoms with Gasteiger partial charge in [-0.1, -0.05) is 44.6 Å². The van der Waals surface area contributed by atoms with E-state index in [4.69, 9.17) is 9.47 Å². The molecule has 8 nitrogen and oxygen atoms in total. The Balaban J connectivity index is 0.000000182. The maximum absolute atomic E-state index is 13.7. The number of carbonyl (C=O) groups is 2. The predicted octanol–water partition coefficient (Wildman–Crippen LogP) is 10.5. The fraction of sp³-hybridized carbons (Fsp3) is 0.963. The van der Waals surface area contributed by atoms with Crippen molar-refractivity contribution < 1.29 is 29.3 Å². The second kappa shape index (κ2) is 21.1. The van der Waals surface area contributed by atoms with Crippen LogP contribution in [0.15, 0.2) is 0 Å². The third kappa shape index (κ3) is 10.6. The number of halogens is 1. The zero-order valence-corrected chi connectivity index (χ0v) is 40.9. The quantitative estimate of drug-likeness (QED) is 0.234. The molecule has 10 rings (SSSR count). The Labute approximate surface area is 393 Å². The molecule has 10 aliphatic rings. The lowest BCUT2D eigenvalue weighted by atomic mass is 9.49. The van der Waals surface area contributed by atoms with Crippen LogP contribution in [0.3, 0.4) is 0 Å². The number of carbonyl (C=O) groups excluding carboxylic acids is 2. The third-order valence-corrected chi connectivity index (χ3v) is 20.9. The van der Waals surface area contributed by atoms with Gasteiger partial charge in [0.15, 0.2) is 5.78 Å². The standard InChI is InChI=1S/C26H43NO3.C22H35BrO2.C4H9NO.2CH4/c1-17(27-12-14-30-15-13-27)24(28)23-7-6-22-21-5-4-18-16-25(2,29)10-8-19(18)20(21)9-11-26(22,23)3;1-13(23)20(24)19-7-6-18-17-5-4-14-12-21(2,25)10-8-15(14)16(17)9-11-22(18,19)3;1-3-6-4-2-5-1;;/h17-23,29H,4-16H2,1-3H3;13-19,25H,4-12H2,1-3H3;5H,1-4H2;2*1H4/t17?,18-,19+,20-,21-,22+,23-,25-,26+;13?,14-,15+,16-,17-,18+,19-,21-,22+;;;/m11.../s1. The minimum Gasteiger partial charge on any atom is -0.390 e. The number of ketones is 2. The number of hydrogen-bond acceptors (Lipinski definition) is 8. The summed E-state index contributed by atoms with van der Waals surface area (Å²) >= 11 is 3.54. The minimum absolute atomic E-state index is 0. The Hall–Kier alpha value is -0.420. The molecule has 8 saturated carbocycles. The average molecular weight is 948 g/mol. The Kier molecular flexibility index (Phi) is 17.4. The van der Waals surface area contributed by atoms with Gasteiger partial charge in [-0.15, -0.1) is 0 Å². The van der Waals surface area contributed by atoms with Crippen molar-refractivity contribution in [2.24, 2.45) is 81.8 Å². The van der Waals surface area contributed by atoms with Crippen molar-refractivity contribution in [1.82, 2.24) is 10.2 Å². The molecule has 63 heavy (non-hydrogen) atoms. The molecule has 2 saturated heterocycles. The number of ether oxygens (including phenoxy) is 2. The molecule has 364 valence electrons. The number of morpholine rings is 2. The van der Waals surface area contributed by atoms with Crippen molar-refractivity contribution in [1.29, 1.82) is 0 Å². The molecule has 8 aliphatic carbocycles. The number of alkyl halides is 1. The first-order valence-corrected chi connectivity index (χ1v) is 26.7. The van der Waals surface area contributed by atoms with Crippen LogP contribution < -0.4 is 5.32 Å². The van der Waals surface area contributed by atoms with Crippen LogP contribution in [-0.4, -0.2) is 101 Å². The lowest BCUT2D eigenvalue weighted by Gasteiger charge is -2.57. The fourth-order valence-electron chi connectivity index (χ4n) is 17.3. The van der Waals surface area contributed by atoms with Crippen molar-refractivity contribution in [3.05, 3.63) is 0 Å². The van der Waals surface area contributed by atoms with Gasteiger partial charge in [-0.05, 0) is 213 Å². The normalized spacial score (nSPS) is 47.4. The van der Waals surface area contributed by atoms with Gasteiger partial charge in [-0.3, -0.25) is 14.5 Å². The monoisotopic (exact) mass is 947 g/mol. The van der Waals surface area contributed by atoms with Crippen LogP contribution in [0.5, 0.6) is 0 Å². The van der Waals surface area contributed by atoms with Gasteiger partial charge < -0.3 is 25.0 Å². The van der Waals surface area contributed by atoms with E-state index in [9.17, 15) is 19.8 Å². The van der Waals surface area contributed by atoms with Crippen molar-refractivity contribution in [2.75, 3.05) is 52.6 Å². The molecule has 2 aliphatic heterocycles. The van der Waals surface area contributed by atoms with Gasteiger partial charge in [0.05, 0.1) is 48.5 Å². The van der Waals surface area contributed by atoms with E-state index in [2.05, 4.69) is 53.8 Å². The SMILES string of the molecule is C.C.C1COCCN1.CC(Br)C(=O)[C@H]1CC[C@H]2[C@@H]3CC[C@@H]4C[C@](C)(O)CC[C@@H]4[C@H]3CC[C@]12C.CC(C(=O)[C@H]1CC[C@H]2[C@@H]3CC[C@@H]4C[C@](C)(O)CC[C@@H]4[C@H]3CC[C@]12C)N1CCOCC1. The molecule has 0 bridgehead atoms. The van der Waals surface area contributed by atoms with Gasteiger partial charge in [0, 0.05) is 38.0 Å². The molecule has 0 spiro atoms. The van der Waals surface area contributed by atoms with Crippen LogP contribution in [0.2, 0.25) is 0 Å². The number of Topliss-reactive ketones (excluding diaryl/α,β-unsaturated/α-hetero) is 2. The molecular weight excluding hydrogens is 853 g/mol. The molecule has 18 atom stereocenters. The van der Waals surface area contributed by atoms with Crippen LogP contribution >= 0.6 is 15.9 Å². The van der Waals surface area contributed by atoms with Crippen molar-refractivity contribution in [3.8, 4) is 0 Å².